The highest BCUT2D eigenvalue weighted by atomic mass is 16.5. The summed E-state index contributed by atoms with van der Waals surface area (Å²) in [6, 6.07) is 0.214. The Balaban J connectivity index is 1.74. The van der Waals surface area contributed by atoms with Crippen LogP contribution in [0, 0.1) is 5.92 Å². The second-order valence-electron chi connectivity index (χ2n) is 5.41. The highest BCUT2D eigenvalue weighted by molar-refractivity contribution is 5.76. The SMILES string of the molecule is OC[C@H]1C[C@@H]2OC(N3CCCC3)=N[C@@H]2[C@@H](O)[C@@H]1O. The van der Waals surface area contributed by atoms with E-state index in [2.05, 4.69) is 9.89 Å². The Hall–Kier alpha value is -0.850. The summed E-state index contributed by atoms with van der Waals surface area (Å²) < 4.78 is 5.79. The molecule has 0 amide bonds. The molecule has 3 N–H and O–H groups in total. The molecular formula is C12H20N2O4. The zero-order chi connectivity index (χ0) is 12.7. The van der Waals surface area contributed by atoms with Crippen LogP contribution in [0.4, 0.5) is 0 Å². The Bertz CT molecular complexity index is 343. The molecule has 3 rings (SSSR count). The van der Waals surface area contributed by atoms with Gasteiger partial charge >= 0.3 is 0 Å². The number of amidine groups is 1. The molecule has 6 nitrogen and oxygen atoms in total. The molecule has 3 aliphatic rings. The number of hydrogen-bond acceptors (Lipinski definition) is 6. The Kier molecular flexibility index (Phi) is 3.17. The van der Waals surface area contributed by atoms with Crippen molar-refractivity contribution in [2.45, 2.75) is 43.6 Å². The summed E-state index contributed by atoms with van der Waals surface area (Å²) in [5.41, 5.74) is 0. The summed E-state index contributed by atoms with van der Waals surface area (Å²) in [7, 11) is 0. The minimum absolute atomic E-state index is 0.135. The maximum Gasteiger partial charge on any atom is 0.288 e. The van der Waals surface area contributed by atoms with E-state index in [0.717, 1.165) is 25.9 Å². The van der Waals surface area contributed by atoms with E-state index in [1.165, 1.54) is 0 Å². The van der Waals surface area contributed by atoms with E-state index in [9.17, 15) is 15.3 Å². The van der Waals surface area contributed by atoms with Gasteiger partial charge in [-0.05, 0) is 19.3 Å². The maximum atomic E-state index is 10.0. The van der Waals surface area contributed by atoms with Crippen molar-refractivity contribution in [3.8, 4) is 0 Å². The lowest BCUT2D eigenvalue weighted by Gasteiger charge is -2.36. The molecule has 0 bridgehead atoms. The molecule has 2 aliphatic heterocycles. The molecule has 2 fully saturated rings. The van der Waals surface area contributed by atoms with Crippen molar-refractivity contribution in [1.29, 1.82) is 0 Å². The zero-order valence-corrected chi connectivity index (χ0v) is 10.3. The van der Waals surface area contributed by atoms with Crippen LogP contribution < -0.4 is 0 Å². The number of ether oxygens (including phenoxy) is 1. The number of aliphatic hydroxyl groups is 3. The Morgan fingerprint density at radius 3 is 2.61 bits per heavy atom. The van der Waals surface area contributed by atoms with Gasteiger partial charge in [-0.3, -0.25) is 0 Å². The van der Waals surface area contributed by atoms with Crippen LogP contribution in [0.15, 0.2) is 4.99 Å². The highest BCUT2D eigenvalue weighted by Gasteiger charge is 2.48. The van der Waals surface area contributed by atoms with Gasteiger partial charge in [0.25, 0.3) is 6.02 Å². The molecule has 1 aliphatic carbocycles. The monoisotopic (exact) mass is 256 g/mol. The summed E-state index contributed by atoms with van der Waals surface area (Å²) in [6.07, 6.45) is 0.753. The zero-order valence-electron chi connectivity index (χ0n) is 10.3. The van der Waals surface area contributed by atoms with Gasteiger partial charge in [0.2, 0.25) is 0 Å². The van der Waals surface area contributed by atoms with Crippen molar-refractivity contribution in [1.82, 2.24) is 4.90 Å². The molecule has 1 saturated carbocycles. The van der Waals surface area contributed by atoms with E-state index >= 15 is 0 Å². The molecule has 2 heterocycles. The Labute approximate surface area is 106 Å². The third-order valence-electron chi connectivity index (χ3n) is 4.23. The summed E-state index contributed by atoms with van der Waals surface area (Å²) >= 11 is 0. The van der Waals surface area contributed by atoms with Gasteiger partial charge in [0.1, 0.15) is 18.2 Å². The normalized spacial score (nSPS) is 43.6. The van der Waals surface area contributed by atoms with Crippen LogP contribution in [0.3, 0.4) is 0 Å². The molecule has 0 radical (unpaired) electrons. The third-order valence-corrected chi connectivity index (χ3v) is 4.23. The topological polar surface area (TPSA) is 85.5 Å². The Morgan fingerprint density at radius 1 is 1.22 bits per heavy atom. The minimum atomic E-state index is -0.944. The minimum Gasteiger partial charge on any atom is -0.459 e. The number of fused-ring (bicyclic) bond motifs is 1. The van der Waals surface area contributed by atoms with Gasteiger partial charge in [0.15, 0.2) is 0 Å². The summed E-state index contributed by atoms with van der Waals surface area (Å²) in [6.45, 7) is 1.75. The summed E-state index contributed by atoms with van der Waals surface area (Å²) in [5.74, 6) is -0.325. The van der Waals surface area contributed by atoms with E-state index in [0.29, 0.717) is 12.4 Å². The first-order valence-corrected chi connectivity index (χ1v) is 6.67. The maximum absolute atomic E-state index is 10.0. The van der Waals surface area contributed by atoms with Crippen molar-refractivity contribution in [3.63, 3.8) is 0 Å². The molecule has 18 heavy (non-hydrogen) atoms. The first-order chi connectivity index (χ1) is 8.70. The van der Waals surface area contributed by atoms with Crippen LogP contribution in [-0.4, -0.2) is 70.3 Å². The van der Waals surface area contributed by atoms with Crippen LogP contribution >= 0.6 is 0 Å². The van der Waals surface area contributed by atoms with Crippen LogP contribution in [0.25, 0.3) is 0 Å². The number of aliphatic hydroxyl groups excluding tert-OH is 3. The number of aliphatic imine (C=N–C) groups is 1. The number of hydrogen-bond donors (Lipinski definition) is 3. The van der Waals surface area contributed by atoms with Crippen molar-refractivity contribution < 1.29 is 20.1 Å². The molecule has 0 unspecified atom stereocenters. The molecule has 0 aromatic heterocycles. The number of nitrogens with zero attached hydrogens (tertiary/aromatic N) is 2. The predicted octanol–water partition coefficient (Wildman–Crippen LogP) is -1.06. The summed E-state index contributed by atoms with van der Waals surface area (Å²) in [5, 5.41) is 29.1. The van der Waals surface area contributed by atoms with Crippen molar-refractivity contribution in [2.24, 2.45) is 10.9 Å². The lowest BCUT2D eigenvalue weighted by Crippen LogP contribution is -2.52. The average molecular weight is 256 g/mol. The molecule has 6 heteroatoms. The smallest absolute Gasteiger partial charge is 0.288 e. The van der Waals surface area contributed by atoms with E-state index < -0.39 is 18.2 Å². The molecule has 0 spiro atoms. The molecule has 0 aromatic carbocycles. The summed E-state index contributed by atoms with van der Waals surface area (Å²) in [4.78, 5) is 6.51. The largest absolute Gasteiger partial charge is 0.459 e. The average Bonchev–Trinajstić information content (AvgIpc) is 3.01. The molecule has 1 saturated heterocycles. The molecule has 5 atom stereocenters. The first-order valence-electron chi connectivity index (χ1n) is 6.67. The standard InChI is InChI=1S/C12H20N2O4/c15-6-7-5-8-9(11(17)10(7)16)13-12(18-8)14-3-1-2-4-14/h7-11,15-17H,1-6H2/t7-,8+,9+,10-,11-/m1/s1. The highest BCUT2D eigenvalue weighted by Crippen LogP contribution is 2.33. The van der Waals surface area contributed by atoms with Gasteiger partial charge in [0, 0.05) is 25.6 Å². The first kappa shape index (κ1) is 12.2. The second kappa shape index (κ2) is 4.68. The van der Waals surface area contributed by atoms with E-state index in [-0.39, 0.29) is 18.6 Å². The van der Waals surface area contributed by atoms with Crippen LogP contribution in [0.1, 0.15) is 19.3 Å². The number of likely N-dealkylation sites (tertiary alicyclic amines) is 1. The van der Waals surface area contributed by atoms with Crippen molar-refractivity contribution >= 4 is 6.02 Å². The van der Waals surface area contributed by atoms with Gasteiger partial charge in [-0.1, -0.05) is 0 Å². The van der Waals surface area contributed by atoms with Crippen molar-refractivity contribution in [2.75, 3.05) is 19.7 Å². The third kappa shape index (κ3) is 1.88. The van der Waals surface area contributed by atoms with Crippen LogP contribution in [0.2, 0.25) is 0 Å². The fraction of sp³-hybridized carbons (Fsp3) is 0.917. The van der Waals surface area contributed by atoms with E-state index in [1.54, 1.807) is 0 Å². The van der Waals surface area contributed by atoms with Gasteiger partial charge in [-0.25, -0.2) is 4.99 Å². The molecular weight excluding hydrogens is 236 g/mol. The fourth-order valence-corrected chi connectivity index (χ4v) is 3.10. The van der Waals surface area contributed by atoms with E-state index in [4.69, 9.17) is 4.74 Å². The predicted molar refractivity (Wildman–Crippen MR) is 64.1 cm³/mol. The molecule has 102 valence electrons. The van der Waals surface area contributed by atoms with Crippen LogP contribution in [-0.2, 0) is 4.74 Å². The quantitative estimate of drug-likeness (QED) is 0.557. The lowest BCUT2D eigenvalue weighted by atomic mass is 9.80. The van der Waals surface area contributed by atoms with Gasteiger partial charge < -0.3 is 25.0 Å². The number of rotatable bonds is 1. The van der Waals surface area contributed by atoms with Crippen LogP contribution in [0.5, 0.6) is 0 Å². The van der Waals surface area contributed by atoms with Gasteiger partial charge in [-0.15, -0.1) is 0 Å². The van der Waals surface area contributed by atoms with E-state index in [1.807, 2.05) is 0 Å². The van der Waals surface area contributed by atoms with Crippen molar-refractivity contribution in [3.05, 3.63) is 0 Å². The second-order valence-corrected chi connectivity index (χ2v) is 5.41. The lowest BCUT2D eigenvalue weighted by molar-refractivity contribution is -0.0954. The Morgan fingerprint density at radius 2 is 1.94 bits per heavy atom. The fourth-order valence-electron chi connectivity index (χ4n) is 3.10. The van der Waals surface area contributed by atoms with Gasteiger partial charge in [-0.2, -0.15) is 0 Å². The molecule has 0 aromatic rings. The van der Waals surface area contributed by atoms with Gasteiger partial charge in [0.05, 0.1) is 6.10 Å².